The highest BCUT2D eigenvalue weighted by molar-refractivity contribution is 4.79. The van der Waals surface area contributed by atoms with Crippen LogP contribution in [0.3, 0.4) is 0 Å². The van der Waals surface area contributed by atoms with Crippen molar-refractivity contribution in [2.24, 2.45) is 11.7 Å². The van der Waals surface area contributed by atoms with E-state index in [2.05, 4.69) is 5.32 Å². The van der Waals surface area contributed by atoms with Gasteiger partial charge in [0.25, 0.3) is 0 Å². The molecule has 0 aliphatic carbocycles. The predicted octanol–water partition coefficient (Wildman–Crippen LogP) is -2.36. The molecule has 0 aromatic heterocycles. The molecule has 7 N–H and O–H groups in total. The fourth-order valence-electron chi connectivity index (χ4n) is 1.34. The highest BCUT2D eigenvalue weighted by Gasteiger charge is 2.27. The fraction of sp³-hybridized carbons (Fsp3) is 1.00. The minimum absolute atomic E-state index is 0.240. The van der Waals surface area contributed by atoms with Crippen LogP contribution in [0.5, 0.6) is 0 Å². The quantitative estimate of drug-likeness (QED) is 0.249. The molecule has 0 aromatic rings. The van der Waals surface area contributed by atoms with Crippen LogP contribution < -0.4 is 11.1 Å². The van der Waals surface area contributed by atoms with Gasteiger partial charge < -0.3 is 31.5 Å². The van der Waals surface area contributed by atoms with Crippen molar-refractivity contribution in [1.29, 1.82) is 0 Å². The lowest BCUT2D eigenvalue weighted by atomic mass is 9.94. The highest BCUT2D eigenvalue weighted by Crippen LogP contribution is 2.11. The molecule has 6 heteroatoms. The first-order valence-corrected chi connectivity index (χ1v) is 5.60. The Labute approximate surface area is 96.1 Å². The van der Waals surface area contributed by atoms with Crippen LogP contribution in [0.25, 0.3) is 0 Å². The maximum absolute atomic E-state index is 9.66. The van der Waals surface area contributed by atoms with E-state index in [1.54, 1.807) is 6.92 Å². The summed E-state index contributed by atoms with van der Waals surface area (Å²) in [6, 6.07) is 0. The topological polar surface area (TPSA) is 119 Å². The summed E-state index contributed by atoms with van der Waals surface area (Å²) in [5.41, 5.74) is 5.30. The van der Waals surface area contributed by atoms with Crippen LogP contribution in [0.15, 0.2) is 0 Å². The third-order valence-electron chi connectivity index (χ3n) is 2.64. The summed E-state index contributed by atoms with van der Waals surface area (Å²) in [5, 5.41) is 40.2. The number of hydrogen-bond donors (Lipinski definition) is 6. The first kappa shape index (κ1) is 15.8. The second-order valence-electron chi connectivity index (χ2n) is 4.01. The van der Waals surface area contributed by atoms with E-state index in [0.29, 0.717) is 13.1 Å². The molecule has 0 amide bonds. The first-order chi connectivity index (χ1) is 7.54. The van der Waals surface area contributed by atoms with Gasteiger partial charge in [0, 0.05) is 12.5 Å². The fourth-order valence-corrected chi connectivity index (χ4v) is 1.34. The zero-order valence-corrected chi connectivity index (χ0v) is 9.71. The van der Waals surface area contributed by atoms with Gasteiger partial charge in [-0.2, -0.15) is 0 Å². The van der Waals surface area contributed by atoms with E-state index >= 15 is 0 Å². The Morgan fingerprint density at radius 1 is 1.19 bits per heavy atom. The highest BCUT2D eigenvalue weighted by atomic mass is 16.3. The van der Waals surface area contributed by atoms with Gasteiger partial charge in [0.2, 0.25) is 0 Å². The molecular weight excluding hydrogens is 212 g/mol. The van der Waals surface area contributed by atoms with Crippen LogP contribution in [-0.2, 0) is 0 Å². The largest absolute Gasteiger partial charge is 0.394 e. The summed E-state index contributed by atoms with van der Waals surface area (Å²) in [7, 11) is 0. The molecule has 0 rings (SSSR count). The van der Waals surface area contributed by atoms with E-state index in [1.807, 2.05) is 0 Å². The molecule has 0 aromatic carbocycles. The van der Waals surface area contributed by atoms with E-state index in [-0.39, 0.29) is 6.54 Å². The summed E-state index contributed by atoms with van der Waals surface area (Å²) in [5.74, 6) is -0.573. The zero-order chi connectivity index (χ0) is 12.6. The second-order valence-corrected chi connectivity index (χ2v) is 4.01. The molecule has 0 radical (unpaired) electrons. The molecule has 0 fully saturated rings. The lowest BCUT2D eigenvalue weighted by Crippen LogP contribution is -2.44. The number of nitrogens with one attached hydrogen (secondary N) is 1. The van der Waals surface area contributed by atoms with Gasteiger partial charge in [-0.15, -0.1) is 0 Å². The van der Waals surface area contributed by atoms with Gasteiger partial charge in [-0.3, -0.25) is 0 Å². The van der Waals surface area contributed by atoms with Crippen molar-refractivity contribution >= 4 is 0 Å². The zero-order valence-electron chi connectivity index (χ0n) is 9.71. The molecule has 0 bridgehead atoms. The minimum Gasteiger partial charge on any atom is -0.394 e. The Balaban J connectivity index is 3.83. The molecule has 4 atom stereocenters. The van der Waals surface area contributed by atoms with E-state index in [9.17, 15) is 15.3 Å². The Morgan fingerprint density at radius 2 is 1.81 bits per heavy atom. The minimum atomic E-state index is -1.06. The summed E-state index contributed by atoms with van der Waals surface area (Å²) in [4.78, 5) is 0. The maximum Gasteiger partial charge on any atom is 0.0926 e. The van der Waals surface area contributed by atoms with Crippen LogP contribution in [0, 0.1) is 5.92 Å². The van der Waals surface area contributed by atoms with Crippen molar-refractivity contribution in [3.8, 4) is 0 Å². The van der Waals surface area contributed by atoms with Crippen molar-refractivity contribution in [2.45, 2.75) is 31.7 Å². The average molecular weight is 236 g/mol. The van der Waals surface area contributed by atoms with E-state index in [1.165, 1.54) is 0 Å². The van der Waals surface area contributed by atoms with Crippen molar-refractivity contribution < 1.29 is 20.4 Å². The summed E-state index contributed by atoms with van der Waals surface area (Å²) in [6.45, 7) is 2.65. The Morgan fingerprint density at radius 3 is 2.31 bits per heavy atom. The maximum atomic E-state index is 9.66. The van der Waals surface area contributed by atoms with Gasteiger partial charge in [0.1, 0.15) is 0 Å². The molecular formula is C10H24N2O4. The van der Waals surface area contributed by atoms with Gasteiger partial charge in [-0.25, -0.2) is 0 Å². The van der Waals surface area contributed by atoms with Gasteiger partial charge >= 0.3 is 0 Å². The molecule has 0 saturated heterocycles. The normalized spacial score (nSPS) is 19.1. The molecule has 0 aliphatic rings. The third-order valence-corrected chi connectivity index (χ3v) is 2.64. The Bertz CT molecular complexity index is 171. The molecule has 16 heavy (non-hydrogen) atoms. The van der Waals surface area contributed by atoms with Crippen LogP contribution in [0.4, 0.5) is 0 Å². The molecule has 6 nitrogen and oxygen atoms in total. The summed E-state index contributed by atoms with van der Waals surface area (Å²) >= 11 is 0. The summed E-state index contributed by atoms with van der Waals surface area (Å²) in [6.07, 6.45) is -2.24. The Hall–Kier alpha value is -0.240. The van der Waals surface area contributed by atoms with Gasteiger partial charge in [0.05, 0.1) is 24.9 Å². The lowest BCUT2D eigenvalue weighted by molar-refractivity contribution is -0.0623. The standard InChI is InChI=1S/C10H24N2O4/c1-7(9(15)6-13)10(16)8(14)5-12-4-2-3-11/h7-10,12-16H,2-6,11H2,1H3/t7-,8+,9-,10+/m1/s1. The molecule has 0 saturated carbocycles. The first-order valence-electron chi connectivity index (χ1n) is 5.60. The van der Waals surface area contributed by atoms with Crippen molar-refractivity contribution in [3.63, 3.8) is 0 Å². The molecule has 0 heterocycles. The smallest absolute Gasteiger partial charge is 0.0926 e. The van der Waals surface area contributed by atoms with E-state index < -0.39 is 30.8 Å². The monoisotopic (exact) mass is 236 g/mol. The predicted molar refractivity (Wildman–Crippen MR) is 60.8 cm³/mol. The van der Waals surface area contributed by atoms with Gasteiger partial charge in [-0.1, -0.05) is 6.92 Å². The number of aliphatic hydroxyl groups is 4. The van der Waals surface area contributed by atoms with E-state index in [4.69, 9.17) is 10.8 Å². The van der Waals surface area contributed by atoms with Crippen molar-refractivity contribution in [2.75, 3.05) is 26.2 Å². The van der Waals surface area contributed by atoms with Crippen molar-refractivity contribution in [1.82, 2.24) is 5.32 Å². The van der Waals surface area contributed by atoms with Crippen molar-refractivity contribution in [3.05, 3.63) is 0 Å². The van der Waals surface area contributed by atoms with Crippen LogP contribution in [0.2, 0.25) is 0 Å². The molecule has 98 valence electrons. The molecule has 0 aliphatic heterocycles. The SMILES string of the molecule is C[C@@H]([C@H](O)[C@@H](O)CNCCCN)[C@H](O)CO. The van der Waals surface area contributed by atoms with Crippen LogP contribution in [-0.4, -0.2) is 65.0 Å². The van der Waals surface area contributed by atoms with Crippen LogP contribution in [0.1, 0.15) is 13.3 Å². The second kappa shape index (κ2) is 8.86. The number of rotatable bonds is 9. The molecule has 0 unspecified atom stereocenters. The van der Waals surface area contributed by atoms with Gasteiger partial charge in [-0.05, 0) is 19.5 Å². The Kier molecular flexibility index (Phi) is 8.73. The van der Waals surface area contributed by atoms with Gasteiger partial charge in [0.15, 0.2) is 0 Å². The number of aliphatic hydroxyl groups excluding tert-OH is 4. The van der Waals surface area contributed by atoms with E-state index in [0.717, 1.165) is 6.42 Å². The number of hydrogen-bond acceptors (Lipinski definition) is 6. The lowest BCUT2D eigenvalue weighted by Gasteiger charge is -2.26. The molecule has 0 spiro atoms. The third kappa shape index (κ3) is 5.74. The summed E-state index contributed by atoms with van der Waals surface area (Å²) < 4.78 is 0. The average Bonchev–Trinajstić information content (AvgIpc) is 2.31. The number of nitrogens with two attached hydrogens (primary N) is 1. The van der Waals surface area contributed by atoms with Crippen LogP contribution >= 0.6 is 0 Å².